The van der Waals surface area contributed by atoms with Gasteiger partial charge in [0.25, 0.3) is 0 Å². The quantitative estimate of drug-likeness (QED) is 0.518. The summed E-state index contributed by atoms with van der Waals surface area (Å²) in [6.07, 6.45) is 13.7. The van der Waals surface area contributed by atoms with Crippen molar-refractivity contribution in [2.45, 2.75) is 70.1 Å². The van der Waals surface area contributed by atoms with Crippen LogP contribution in [0.2, 0.25) is 0 Å². The molecule has 0 radical (unpaired) electrons. The molecule has 2 atom stereocenters. The number of nitrogens with one attached hydrogen (secondary N) is 1. The fourth-order valence-electron chi connectivity index (χ4n) is 4.73. The number of anilines is 1. The van der Waals surface area contributed by atoms with Gasteiger partial charge in [0, 0.05) is 31.3 Å². The zero-order valence-corrected chi connectivity index (χ0v) is 18.7. The zero-order chi connectivity index (χ0) is 21.1. The van der Waals surface area contributed by atoms with E-state index in [0.29, 0.717) is 18.7 Å². The van der Waals surface area contributed by atoms with Gasteiger partial charge >= 0.3 is 0 Å². The van der Waals surface area contributed by atoms with Crippen LogP contribution in [0.5, 0.6) is 5.75 Å². The van der Waals surface area contributed by atoms with Crippen molar-refractivity contribution in [3.8, 4) is 5.75 Å². The highest BCUT2D eigenvalue weighted by Crippen LogP contribution is 2.29. The number of ether oxygens (including phenoxy) is 2. The van der Waals surface area contributed by atoms with Gasteiger partial charge in [0.1, 0.15) is 12.4 Å². The number of nitrogens with zero attached hydrogens (tertiary/aromatic N) is 2. The van der Waals surface area contributed by atoms with Gasteiger partial charge in [0.15, 0.2) is 0 Å². The van der Waals surface area contributed by atoms with Crippen molar-refractivity contribution in [2.75, 3.05) is 31.2 Å². The summed E-state index contributed by atoms with van der Waals surface area (Å²) < 4.78 is 11.9. The zero-order valence-electron chi connectivity index (χ0n) is 18.7. The molecule has 1 aromatic heterocycles. The summed E-state index contributed by atoms with van der Waals surface area (Å²) in [6, 6.07) is 13.7. The molecule has 2 aliphatic heterocycles. The second-order valence-electron chi connectivity index (χ2n) is 8.86. The third-order valence-corrected chi connectivity index (χ3v) is 6.46. The van der Waals surface area contributed by atoms with Crippen LogP contribution in [0.3, 0.4) is 0 Å². The first-order chi connectivity index (χ1) is 15.4. The van der Waals surface area contributed by atoms with Crippen molar-refractivity contribution in [1.29, 1.82) is 0 Å². The van der Waals surface area contributed by atoms with E-state index in [-0.39, 0.29) is 0 Å². The number of hydrogen-bond donors (Lipinski definition) is 1. The van der Waals surface area contributed by atoms with Crippen LogP contribution in [0.25, 0.3) is 0 Å². The van der Waals surface area contributed by atoms with Gasteiger partial charge in [-0.1, -0.05) is 30.3 Å². The molecule has 0 amide bonds. The van der Waals surface area contributed by atoms with Gasteiger partial charge in [-0.25, -0.2) is 0 Å². The summed E-state index contributed by atoms with van der Waals surface area (Å²) in [6.45, 7) is 4.51. The van der Waals surface area contributed by atoms with Crippen molar-refractivity contribution >= 4 is 5.69 Å². The normalized spacial score (nSPS) is 21.4. The molecule has 3 heterocycles. The van der Waals surface area contributed by atoms with Crippen LogP contribution < -0.4 is 15.0 Å². The Balaban J connectivity index is 1.22. The second kappa shape index (κ2) is 12.1. The molecule has 1 N–H and O–H groups in total. The summed E-state index contributed by atoms with van der Waals surface area (Å²) >= 11 is 0. The first-order valence-corrected chi connectivity index (χ1v) is 12.1. The van der Waals surface area contributed by atoms with Gasteiger partial charge in [-0.3, -0.25) is 4.98 Å². The first kappa shape index (κ1) is 22.1. The molecule has 2 aliphatic rings. The third kappa shape index (κ3) is 6.94. The van der Waals surface area contributed by atoms with Crippen LogP contribution in [-0.2, 0) is 11.3 Å². The lowest BCUT2D eigenvalue weighted by molar-refractivity contribution is 0.116. The van der Waals surface area contributed by atoms with Crippen LogP contribution in [0.4, 0.5) is 5.69 Å². The molecule has 4 rings (SSSR count). The van der Waals surface area contributed by atoms with E-state index in [1.807, 2.05) is 18.5 Å². The number of hydrogen-bond acceptors (Lipinski definition) is 5. The number of unbranched alkanes of at least 4 members (excludes halogenated alkanes) is 1. The maximum absolute atomic E-state index is 6.05. The van der Waals surface area contributed by atoms with E-state index in [9.17, 15) is 0 Å². The molecule has 0 aliphatic carbocycles. The minimum Gasteiger partial charge on any atom is -0.490 e. The number of piperidine rings is 1. The number of aromatic nitrogens is 1. The van der Waals surface area contributed by atoms with Gasteiger partial charge in [0.05, 0.1) is 24.7 Å². The predicted molar refractivity (Wildman–Crippen MR) is 126 cm³/mol. The van der Waals surface area contributed by atoms with Crippen molar-refractivity contribution in [1.82, 2.24) is 10.3 Å². The highest BCUT2D eigenvalue weighted by atomic mass is 16.5. The highest BCUT2D eigenvalue weighted by molar-refractivity contribution is 5.49. The molecular weight excluding hydrogens is 386 g/mol. The van der Waals surface area contributed by atoms with E-state index in [2.05, 4.69) is 45.5 Å². The SMILES string of the molecule is c1ccc(COCCCCC2CCCCN2c2cncc(OC[C@@H]3CCCN3)c2)cc1. The Morgan fingerprint density at radius 1 is 1.03 bits per heavy atom. The van der Waals surface area contributed by atoms with Gasteiger partial charge in [-0.15, -0.1) is 0 Å². The molecule has 168 valence electrons. The van der Waals surface area contributed by atoms with Crippen LogP contribution in [0.1, 0.15) is 56.9 Å². The smallest absolute Gasteiger partial charge is 0.139 e. The Morgan fingerprint density at radius 2 is 1.97 bits per heavy atom. The minimum atomic E-state index is 0.482. The summed E-state index contributed by atoms with van der Waals surface area (Å²) in [4.78, 5) is 7.04. The van der Waals surface area contributed by atoms with Crippen LogP contribution in [-0.4, -0.2) is 43.4 Å². The maximum atomic E-state index is 6.05. The lowest BCUT2D eigenvalue weighted by atomic mass is 9.96. The number of rotatable bonds is 11. The average Bonchev–Trinajstić information content (AvgIpc) is 3.35. The summed E-state index contributed by atoms with van der Waals surface area (Å²) in [5.74, 6) is 0.893. The summed E-state index contributed by atoms with van der Waals surface area (Å²) in [7, 11) is 0. The largest absolute Gasteiger partial charge is 0.490 e. The fourth-order valence-corrected chi connectivity index (χ4v) is 4.73. The Hall–Kier alpha value is -2.11. The van der Waals surface area contributed by atoms with Gasteiger partial charge in [-0.2, -0.15) is 0 Å². The molecular formula is C26H37N3O2. The molecule has 1 unspecified atom stereocenters. The number of benzene rings is 1. The topological polar surface area (TPSA) is 46.6 Å². The first-order valence-electron chi connectivity index (χ1n) is 12.1. The molecule has 2 saturated heterocycles. The predicted octanol–water partition coefficient (Wildman–Crippen LogP) is 4.96. The van der Waals surface area contributed by atoms with Crippen molar-refractivity contribution in [2.24, 2.45) is 0 Å². The molecule has 2 fully saturated rings. The van der Waals surface area contributed by atoms with E-state index < -0.39 is 0 Å². The standard InChI is InChI=1S/C26H37N3O2/c1-2-9-22(10-3-1)20-30-16-7-5-13-24-12-4-6-15-29(24)25-17-26(19-27-18-25)31-21-23-11-8-14-28-23/h1-3,9-10,17-19,23-24,28H,4-8,11-16,20-21H2/t23-,24?/m0/s1. The Morgan fingerprint density at radius 3 is 2.84 bits per heavy atom. The summed E-state index contributed by atoms with van der Waals surface area (Å²) in [5.41, 5.74) is 2.46. The molecule has 1 aromatic carbocycles. The molecule has 0 saturated carbocycles. The molecule has 2 aromatic rings. The van der Waals surface area contributed by atoms with E-state index in [0.717, 1.165) is 38.5 Å². The third-order valence-electron chi connectivity index (χ3n) is 6.46. The second-order valence-corrected chi connectivity index (χ2v) is 8.86. The molecule has 0 spiro atoms. The molecule has 0 bridgehead atoms. The maximum Gasteiger partial charge on any atom is 0.139 e. The number of pyridine rings is 1. The lowest BCUT2D eigenvalue weighted by Gasteiger charge is -2.37. The Bertz CT molecular complexity index is 764. The fraction of sp³-hybridized carbons (Fsp3) is 0.577. The van der Waals surface area contributed by atoms with Crippen LogP contribution >= 0.6 is 0 Å². The van der Waals surface area contributed by atoms with E-state index in [1.54, 1.807) is 0 Å². The Labute approximate surface area is 187 Å². The molecule has 5 nitrogen and oxygen atoms in total. The van der Waals surface area contributed by atoms with E-state index in [1.165, 1.54) is 56.2 Å². The van der Waals surface area contributed by atoms with Crippen LogP contribution in [0, 0.1) is 0 Å². The van der Waals surface area contributed by atoms with Crippen LogP contribution in [0.15, 0.2) is 48.8 Å². The van der Waals surface area contributed by atoms with Crippen molar-refractivity contribution in [3.05, 3.63) is 54.4 Å². The van der Waals surface area contributed by atoms with Crippen molar-refractivity contribution in [3.63, 3.8) is 0 Å². The average molecular weight is 424 g/mol. The van der Waals surface area contributed by atoms with Gasteiger partial charge < -0.3 is 19.7 Å². The monoisotopic (exact) mass is 423 g/mol. The molecule has 31 heavy (non-hydrogen) atoms. The highest BCUT2D eigenvalue weighted by Gasteiger charge is 2.23. The van der Waals surface area contributed by atoms with E-state index >= 15 is 0 Å². The molecule has 5 heteroatoms. The minimum absolute atomic E-state index is 0.482. The van der Waals surface area contributed by atoms with Gasteiger partial charge in [0.2, 0.25) is 0 Å². The van der Waals surface area contributed by atoms with E-state index in [4.69, 9.17) is 9.47 Å². The summed E-state index contributed by atoms with van der Waals surface area (Å²) in [5, 5.41) is 3.49. The lowest BCUT2D eigenvalue weighted by Crippen LogP contribution is -2.39. The van der Waals surface area contributed by atoms with Crippen molar-refractivity contribution < 1.29 is 9.47 Å². The van der Waals surface area contributed by atoms with Gasteiger partial charge in [-0.05, 0) is 63.5 Å². The Kier molecular flexibility index (Phi) is 8.60.